The van der Waals surface area contributed by atoms with E-state index in [2.05, 4.69) is 37.6 Å². The topological polar surface area (TPSA) is 87.2 Å². The van der Waals surface area contributed by atoms with Gasteiger partial charge in [0.1, 0.15) is 0 Å². The van der Waals surface area contributed by atoms with Crippen LogP contribution in [0.15, 0.2) is 42.7 Å². The molecule has 2 N–H and O–H groups in total. The number of imide groups is 1. The summed E-state index contributed by atoms with van der Waals surface area (Å²) in [5, 5.41) is 5.64. The normalized spacial score (nSPS) is 22.8. The van der Waals surface area contributed by atoms with Gasteiger partial charge in [-0.3, -0.25) is 19.8 Å². The highest BCUT2D eigenvalue weighted by Gasteiger charge is 2.50. The number of aromatic nitrogens is 2. The van der Waals surface area contributed by atoms with Crippen molar-refractivity contribution in [2.45, 2.75) is 25.9 Å². The fraction of sp³-hybridized carbons (Fsp3) is 0.368. The van der Waals surface area contributed by atoms with Gasteiger partial charge in [0.2, 0.25) is 17.8 Å². The second-order valence-electron chi connectivity index (χ2n) is 7.05. The number of anilines is 1. The number of amides is 2. The first kappa shape index (κ1) is 16.7. The first-order chi connectivity index (χ1) is 12.6. The molecule has 2 amide bonds. The Morgan fingerprint density at radius 3 is 2.58 bits per heavy atom. The summed E-state index contributed by atoms with van der Waals surface area (Å²) in [6, 6.07) is 10.1. The Morgan fingerprint density at radius 1 is 1.12 bits per heavy atom. The van der Waals surface area contributed by atoms with Crippen molar-refractivity contribution < 1.29 is 9.59 Å². The maximum atomic E-state index is 12.0. The van der Waals surface area contributed by atoms with E-state index < -0.39 is 5.41 Å². The molecule has 1 atom stereocenters. The number of likely N-dealkylation sites (tertiary alicyclic amines) is 1. The first-order valence-electron chi connectivity index (χ1n) is 8.78. The Bertz CT molecular complexity index is 808. The van der Waals surface area contributed by atoms with E-state index in [1.807, 2.05) is 30.6 Å². The monoisotopic (exact) mass is 351 g/mol. The minimum Gasteiger partial charge on any atom is -0.350 e. The lowest BCUT2D eigenvalue weighted by molar-refractivity contribution is -0.128. The van der Waals surface area contributed by atoms with Crippen LogP contribution in [0.1, 0.15) is 24.0 Å². The molecule has 4 rings (SSSR count). The summed E-state index contributed by atoms with van der Waals surface area (Å²) in [5.74, 6) is 0.312. The lowest BCUT2D eigenvalue weighted by atomic mass is 9.85. The molecule has 2 aromatic rings. The Hall–Kier alpha value is -2.80. The van der Waals surface area contributed by atoms with E-state index in [1.54, 1.807) is 0 Å². The molecule has 0 bridgehead atoms. The third kappa shape index (κ3) is 3.43. The van der Waals surface area contributed by atoms with Gasteiger partial charge in [0.15, 0.2) is 0 Å². The number of nitrogens with one attached hydrogen (secondary N) is 2. The number of rotatable bonds is 5. The van der Waals surface area contributed by atoms with Gasteiger partial charge in [-0.05, 0) is 18.5 Å². The van der Waals surface area contributed by atoms with E-state index in [1.165, 1.54) is 5.56 Å². The van der Waals surface area contributed by atoms with Gasteiger partial charge in [0.25, 0.3) is 0 Å². The van der Waals surface area contributed by atoms with E-state index in [0.717, 1.165) is 18.5 Å². The van der Waals surface area contributed by atoms with E-state index in [9.17, 15) is 9.59 Å². The average molecular weight is 351 g/mol. The molecule has 134 valence electrons. The molecule has 1 aromatic heterocycles. The summed E-state index contributed by atoms with van der Waals surface area (Å²) in [7, 11) is 0. The van der Waals surface area contributed by atoms with Crippen molar-refractivity contribution in [3.63, 3.8) is 0 Å². The lowest BCUT2D eigenvalue weighted by Crippen LogP contribution is -2.34. The van der Waals surface area contributed by atoms with Gasteiger partial charge < -0.3 is 5.32 Å². The molecule has 2 fully saturated rings. The highest BCUT2D eigenvalue weighted by molar-refractivity contribution is 6.06. The SMILES string of the molecule is O=C1CC2(CCN(Cc3cnc(NCc4ccccc4)nc3)C2)C(=O)N1. The highest BCUT2D eigenvalue weighted by atomic mass is 16.2. The molecule has 7 nitrogen and oxygen atoms in total. The lowest BCUT2D eigenvalue weighted by Gasteiger charge is -2.20. The molecule has 26 heavy (non-hydrogen) atoms. The predicted molar refractivity (Wildman–Crippen MR) is 95.9 cm³/mol. The highest BCUT2D eigenvalue weighted by Crippen LogP contribution is 2.38. The summed E-state index contributed by atoms with van der Waals surface area (Å²) in [6.45, 7) is 2.77. The second-order valence-corrected chi connectivity index (χ2v) is 7.05. The molecule has 3 heterocycles. The van der Waals surface area contributed by atoms with Crippen LogP contribution in [0.4, 0.5) is 5.95 Å². The zero-order valence-corrected chi connectivity index (χ0v) is 14.4. The van der Waals surface area contributed by atoms with Crippen molar-refractivity contribution in [1.82, 2.24) is 20.2 Å². The molecule has 1 spiro atoms. The summed E-state index contributed by atoms with van der Waals surface area (Å²) >= 11 is 0. The Balaban J connectivity index is 1.32. The molecular formula is C19H21N5O2. The van der Waals surface area contributed by atoms with Crippen molar-refractivity contribution in [3.8, 4) is 0 Å². The van der Waals surface area contributed by atoms with E-state index in [0.29, 0.717) is 32.0 Å². The molecular weight excluding hydrogens is 330 g/mol. The summed E-state index contributed by atoms with van der Waals surface area (Å²) in [6.07, 6.45) is 4.65. The maximum absolute atomic E-state index is 12.0. The van der Waals surface area contributed by atoms with Crippen LogP contribution in [0.5, 0.6) is 0 Å². The number of benzene rings is 1. The van der Waals surface area contributed by atoms with Crippen LogP contribution in [0.3, 0.4) is 0 Å². The number of carbonyl (C=O) groups excluding carboxylic acids is 2. The molecule has 0 saturated carbocycles. The van der Waals surface area contributed by atoms with Gasteiger partial charge in [0, 0.05) is 44.0 Å². The van der Waals surface area contributed by atoms with Crippen LogP contribution in [0.25, 0.3) is 0 Å². The first-order valence-corrected chi connectivity index (χ1v) is 8.78. The van der Waals surface area contributed by atoms with E-state index >= 15 is 0 Å². The fourth-order valence-electron chi connectivity index (χ4n) is 3.68. The van der Waals surface area contributed by atoms with Gasteiger partial charge in [-0.25, -0.2) is 9.97 Å². The molecule has 1 aromatic carbocycles. The van der Waals surface area contributed by atoms with Crippen molar-refractivity contribution in [3.05, 3.63) is 53.9 Å². The molecule has 2 aliphatic rings. The van der Waals surface area contributed by atoms with Crippen LogP contribution in [-0.2, 0) is 22.7 Å². The Kier molecular flexibility index (Phi) is 4.38. The standard InChI is InChI=1S/C19H21N5O2/c25-16-8-19(17(26)23-16)6-7-24(13-19)12-15-10-21-18(22-11-15)20-9-14-4-2-1-3-5-14/h1-5,10-11H,6-9,12-13H2,(H,20,21,22)(H,23,25,26). The van der Waals surface area contributed by atoms with Gasteiger partial charge in [-0.15, -0.1) is 0 Å². The third-order valence-electron chi connectivity index (χ3n) is 5.07. The molecule has 0 radical (unpaired) electrons. The van der Waals surface area contributed by atoms with Crippen molar-refractivity contribution in [2.24, 2.45) is 5.41 Å². The Labute approximate surface area is 151 Å². The zero-order valence-electron chi connectivity index (χ0n) is 14.4. The summed E-state index contributed by atoms with van der Waals surface area (Å²) < 4.78 is 0. The summed E-state index contributed by atoms with van der Waals surface area (Å²) in [5.41, 5.74) is 1.64. The van der Waals surface area contributed by atoms with Crippen LogP contribution in [-0.4, -0.2) is 39.8 Å². The van der Waals surface area contributed by atoms with Gasteiger partial charge >= 0.3 is 0 Å². The average Bonchev–Trinajstić information content (AvgIpc) is 3.17. The van der Waals surface area contributed by atoms with Gasteiger partial charge in [-0.2, -0.15) is 0 Å². The minimum absolute atomic E-state index is 0.123. The van der Waals surface area contributed by atoms with Crippen LogP contribution < -0.4 is 10.6 Å². The molecule has 0 aliphatic carbocycles. The minimum atomic E-state index is -0.533. The maximum Gasteiger partial charge on any atom is 0.234 e. The molecule has 7 heteroatoms. The second kappa shape index (κ2) is 6.84. The zero-order chi connectivity index (χ0) is 18.0. The number of carbonyl (C=O) groups is 2. The third-order valence-corrected chi connectivity index (χ3v) is 5.07. The Morgan fingerprint density at radius 2 is 1.88 bits per heavy atom. The van der Waals surface area contributed by atoms with E-state index in [-0.39, 0.29) is 11.8 Å². The molecule has 1 unspecified atom stereocenters. The summed E-state index contributed by atoms with van der Waals surface area (Å²) in [4.78, 5) is 34.5. The number of hydrogen-bond donors (Lipinski definition) is 2. The predicted octanol–water partition coefficient (Wildman–Crippen LogP) is 1.33. The largest absolute Gasteiger partial charge is 0.350 e. The molecule has 2 saturated heterocycles. The van der Waals surface area contributed by atoms with Crippen molar-refractivity contribution >= 4 is 17.8 Å². The van der Waals surface area contributed by atoms with Crippen molar-refractivity contribution in [1.29, 1.82) is 0 Å². The quantitative estimate of drug-likeness (QED) is 0.790. The van der Waals surface area contributed by atoms with Crippen molar-refractivity contribution in [2.75, 3.05) is 18.4 Å². The van der Waals surface area contributed by atoms with E-state index in [4.69, 9.17) is 0 Å². The van der Waals surface area contributed by atoms with Gasteiger partial charge in [0.05, 0.1) is 5.41 Å². The van der Waals surface area contributed by atoms with Crippen LogP contribution in [0.2, 0.25) is 0 Å². The molecule has 2 aliphatic heterocycles. The van der Waals surface area contributed by atoms with Gasteiger partial charge in [-0.1, -0.05) is 30.3 Å². The van der Waals surface area contributed by atoms with Crippen LogP contribution in [0, 0.1) is 5.41 Å². The number of hydrogen-bond acceptors (Lipinski definition) is 6. The smallest absolute Gasteiger partial charge is 0.234 e. The number of nitrogens with zero attached hydrogens (tertiary/aromatic N) is 3. The fourth-order valence-corrected chi connectivity index (χ4v) is 3.68. The van der Waals surface area contributed by atoms with Crippen LogP contribution >= 0.6 is 0 Å².